The van der Waals surface area contributed by atoms with Crippen LogP contribution in [0.3, 0.4) is 0 Å². The van der Waals surface area contributed by atoms with Gasteiger partial charge in [-0.15, -0.1) is 0 Å². The van der Waals surface area contributed by atoms with Gasteiger partial charge in [0.05, 0.1) is 5.56 Å². The Kier molecular flexibility index (Phi) is 4.58. The van der Waals surface area contributed by atoms with E-state index in [1.807, 2.05) is 24.8 Å². The highest BCUT2D eigenvalue weighted by Gasteiger charge is 2.11. The molecule has 0 fully saturated rings. The van der Waals surface area contributed by atoms with Crippen LogP contribution in [0, 0.1) is 0 Å². The molecule has 0 aliphatic rings. The lowest BCUT2D eigenvalue weighted by molar-refractivity contribution is 0.0511. The molecule has 3 nitrogen and oxygen atoms in total. The summed E-state index contributed by atoms with van der Waals surface area (Å²) in [6, 6.07) is 8.90. The summed E-state index contributed by atoms with van der Waals surface area (Å²) in [5, 5.41) is 0. The van der Waals surface area contributed by atoms with Gasteiger partial charge in [-0.3, -0.25) is 0 Å². The lowest BCUT2D eigenvalue weighted by Gasteiger charge is -2.21. The van der Waals surface area contributed by atoms with Gasteiger partial charge in [0.25, 0.3) is 0 Å². The molecule has 0 amide bonds. The summed E-state index contributed by atoms with van der Waals surface area (Å²) >= 11 is 0. The third-order valence-corrected chi connectivity index (χ3v) is 2.34. The normalized spacial score (nSPS) is 9.62. The van der Waals surface area contributed by atoms with E-state index in [-0.39, 0.29) is 5.97 Å². The van der Waals surface area contributed by atoms with Gasteiger partial charge in [-0.25, -0.2) is 4.79 Å². The van der Waals surface area contributed by atoms with Crippen molar-refractivity contribution < 1.29 is 9.53 Å². The molecule has 0 aliphatic carbocycles. The standard InChI is InChI=1S/C13H17NO2/c1-4-14(5-2)11(3)16-13(15)12-9-7-6-8-10-12/h6-10H,3-5H2,1-2H3. The first kappa shape index (κ1) is 12.3. The zero-order valence-corrected chi connectivity index (χ0v) is 9.77. The van der Waals surface area contributed by atoms with Crippen LogP contribution >= 0.6 is 0 Å². The van der Waals surface area contributed by atoms with Gasteiger partial charge in [-0.2, -0.15) is 0 Å². The fraction of sp³-hybridized carbons (Fsp3) is 0.308. The molecule has 1 aromatic rings. The second kappa shape index (κ2) is 5.95. The van der Waals surface area contributed by atoms with E-state index in [2.05, 4.69) is 6.58 Å². The van der Waals surface area contributed by atoms with Crippen molar-refractivity contribution in [2.45, 2.75) is 13.8 Å². The molecule has 86 valence electrons. The van der Waals surface area contributed by atoms with Gasteiger partial charge in [-0.05, 0) is 32.6 Å². The van der Waals surface area contributed by atoms with E-state index >= 15 is 0 Å². The van der Waals surface area contributed by atoms with E-state index in [0.29, 0.717) is 11.4 Å². The second-order valence-corrected chi connectivity index (χ2v) is 3.32. The summed E-state index contributed by atoms with van der Waals surface area (Å²) in [5.41, 5.74) is 0.538. The largest absolute Gasteiger partial charge is 0.407 e. The van der Waals surface area contributed by atoms with Crippen molar-refractivity contribution in [2.24, 2.45) is 0 Å². The molecule has 1 aromatic carbocycles. The average molecular weight is 219 g/mol. The van der Waals surface area contributed by atoms with Crippen LogP contribution in [0.4, 0.5) is 0 Å². The number of carbonyl (C=O) groups is 1. The molecule has 1 rings (SSSR count). The number of benzene rings is 1. The third kappa shape index (κ3) is 3.12. The van der Waals surface area contributed by atoms with Crippen LogP contribution in [0.5, 0.6) is 0 Å². The number of esters is 1. The van der Waals surface area contributed by atoms with E-state index in [4.69, 9.17) is 4.74 Å². The zero-order valence-electron chi connectivity index (χ0n) is 9.77. The van der Waals surface area contributed by atoms with Crippen LogP contribution in [-0.4, -0.2) is 24.0 Å². The Morgan fingerprint density at radius 2 is 1.81 bits per heavy atom. The SMILES string of the molecule is C=C(OC(=O)c1ccccc1)N(CC)CC. The average Bonchev–Trinajstić information content (AvgIpc) is 2.31. The summed E-state index contributed by atoms with van der Waals surface area (Å²) in [7, 11) is 0. The number of nitrogens with zero attached hydrogens (tertiary/aromatic N) is 1. The van der Waals surface area contributed by atoms with Gasteiger partial charge >= 0.3 is 5.97 Å². The van der Waals surface area contributed by atoms with Crippen molar-refractivity contribution in [3.8, 4) is 0 Å². The zero-order chi connectivity index (χ0) is 12.0. The Balaban J connectivity index is 2.62. The van der Waals surface area contributed by atoms with Gasteiger partial charge in [0.1, 0.15) is 0 Å². The smallest absolute Gasteiger partial charge is 0.344 e. The number of ether oxygens (including phenoxy) is 1. The maximum atomic E-state index is 11.7. The van der Waals surface area contributed by atoms with Crippen LogP contribution < -0.4 is 0 Å². The van der Waals surface area contributed by atoms with Crippen molar-refractivity contribution in [3.05, 3.63) is 48.4 Å². The quantitative estimate of drug-likeness (QED) is 0.563. The maximum absolute atomic E-state index is 11.7. The first-order valence-corrected chi connectivity index (χ1v) is 5.40. The highest BCUT2D eigenvalue weighted by atomic mass is 16.5. The summed E-state index contributed by atoms with van der Waals surface area (Å²) in [6.07, 6.45) is 0. The first-order valence-electron chi connectivity index (χ1n) is 5.40. The molecule has 0 N–H and O–H groups in total. The molecular formula is C13H17NO2. The minimum Gasteiger partial charge on any atom is -0.407 e. The fourth-order valence-electron chi connectivity index (χ4n) is 1.38. The van der Waals surface area contributed by atoms with Crippen molar-refractivity contribution in [1.29, 1.82) is 0 Å². The van der Waals surface area contributed by atoms with Crippen LogP contribution in [0.2, 0.25) is 0 Å². The molecule has 3 heteroatoms. The Bertz CT molecular complexity index is 355. The van der Waals surface area contributed by atoms with Crippen LogP contribution in [0.15, 0.2) is 42.8 Å². The summed E-state index contributed by atoms with van der Waals surface area (Å²) in [5.74, 6) is 0.0383. The Labute approximate surface area is 96.3 Å². The van der Waals surface area contributed by atoms with Crippen molar-refractivity contribution in [3.63, 3.8) is 0 Å². The molecule has 16 heavy (non-hydrogen) atoms. The lowest BCUT2D eigenvalue weighted by atomic mass is 10.2. The Hall–Kier alpha value is -1.77. The summed E-state index contributed by atoms with van der Waals surface area (Å²) < 4.78 is 5.17. The molecule has 0 bridgehead atoms. The van der Waals surface area contributed by atoms with Gasteiger partial charge in [0.15, 0.2) is 5.88 Å². The molecule has 0 unspecified atom stereocenters. The highest BCUT2D eigenvalue weighted by molar-refractivity contribution is 5.89. The highest BCUT2D eigenvalue weighted by Crippen LogP contribution is 2.08. The van der Waals surface area contributed by atoms with Gasteiger partial charge < -0.3 is 9.64 Å². The van der Waals surface area contributed by atoms with Crippen molar-refractivity contribution in [1.82, 2.24) is 4.90 Å². The number of hydrogen-bond donors (Lipinski definition) is 0. The third-order valence-electron chi connectivity index (χ3n) is 2.34. The summed E-state index contributed by atoms with van der Waals surface area (Å²) in [6.45, 7) is 9.28. The second-order valence-electron chi connectivity index (χ2n) is 3.32. The maximum Gasteiger partial charge on any atom is 0.344 e. The number of hydrogen-bond acceptors (Lipinski definition) is 3. The molecule has 0 aromatic heterocycles. The van der Waals surface area contributed by atoms with Gasteiger partial charge in [0.2, 0.25) is 0 Å². The molecule has 0 radical (unpaired) electrons. The molecule has 0 spiro atoms. The fourth-order valence-corrected chi connectivity index (χ4v) is 1.38. The molecular weight excluding hydrogens is 202 g/mol. The Morgan fingerprint density at radius 1 is 1.25 bits per heavy atom. The van der Waals surface area contributed by atoms with E-state index in [1.54, 1.807) is 24.3 Å². The molecule has 0 saturated heterocycles. The predicted molar refractivity (Wildman–Crippen MR) is 63.9 cm³/mol. The molecule has 0 saturated carbocycles. The van der Waals surface area contributed by atoms with Crippen LogP contribution in [0.1, 0.15) is 24.2 Å². The minimum atomic E-state index is -0.363. The molecule has 0 aliphatic heterocycles. The summed E-state index contributed by atoms with van der Waals surface area (Å²) in [4.78, 5) is 13.6. The van der Waals surface area contributed by atoms with Crippen molar-refractivity contribution >= 4 is 5.97 Å². The van der Waals surface area contributed by atoms with E-state index in [0.717, 1.165) is 13.1 Å². The lowest BCUT2D eigenvalue weighted by Crippen LogP contribution is -2.24. The first-order chi connectivity index (χ1) is 7.69. The number of carbonyl (C=O) groups excluding carboxylic acids is 1. The predicted octanol–water partition coefficient (Wildman–Crippen LogP) is 2.66. The van der Waals surface area contributed by atoms with Gasteiger partial charge in [-0.1, -0.05) is 18.2 Å². The van der Waals surface area contributed by atoms with Gasteiger partial charge in [0, 0.05) is 13.1 Å². The van der Waals surface area contributed by atoms with Crippen molar-refractivity contribution in [2.75, 3.05) is 13.1 Å². The van der Waals surface area contributed by atoms with E-state index in [9.17, 15) is 4.79 Å². The molecule has 0 heterocycles. The van der Waals surface area contributed by atoms with Crippen LogP contribution in [0.25, 0.3) is 0 Å². The Morgan fingerprint density at radius 3 is 2.31 bits per heavy atom. The molecule has 0 atom stereocenters. The van der Waals surface area contributed by atoms with Crippen LogP contribution in [-0.2, 0) is 4.74 Å². The monoisotopic (exact) mass is 219 g/mol. The topological polar surface area (TPSA) is 29.5 Å². The number of rotatable bonds is 5. The van der Waals surface area contributed by atoms with E-state index < -0.39 is 0 Å². The van der Waals surface area contributed by atoms with E-state index in [1.165, 1.54) is 0 Å². The minimum absolute atomic E-state index is 0.363.